The molecule has 234 valence electrons. The van der Waals surface area contributed by atoms with Crippen LogP contribution >= 0.6 is 0 Å². The Morgan fingerprint density at radius 3 is 1.68 bits per heavy atom. The first kappa shape index (κ1) is 27.2. The molecule has 0 atom stereocenters. The Morgan fingerprint density at radius 1 is 0.300 bits per heavy atom. The Hall–Kier alpha value is -6.78. The Balaban J connectivity index is 1.16. The van der Waals surface area contributed by atoms with E-state index in [1.807, 2.05) is 18.2 Å². The van der Waals surface area contributed by atoms with Gasteiger partial charge in [0.05, 0.1) is 11.1 Å². The molecule has 50 heavy (non-hydrogen) atoms. The highest BCUT2D eigenvalue weighted by Gasteiger charge is 2.22. The standard InChI is InChI=1S/C46H27NO3/c1-3-10-28(11-4-1)29-18-20-35-43(26-29)50-40-17-9-15-37(46(35)40)47(30-12-5-2-6-13-30)31-19-23-39-36(27-31)45-33-22-24-41-44(32(33)21-25-42(45)49-39)34-14-7-8-16-38(34)48-41/h1-27H. The smallest absolute Gasteiger partial charge is 0.137 e. The molecule has 4 heteroatoms. The van der Waals surface area contributed by atoms with Crippen LogP contribution in [0.4, 0.5) is 17.1 Å². The quantitative estimate of drug-likeness (QED) is 0.192. The third-order valence-corrected chi connectivity index (χ3v) is 10.0. The zero-order valence-corrected chi connectivity index (χ0v) is 26.8. The second kappa shape index (κ2) is 10.4. The second-order valence-electron chi connectivity index (χ2n) is 12.9. The first-order chi connectivity index (χ1) is 24.8. The van der Waals surface area contributed by atoms with Crippen LogP contribution in [0.2, 0.25) is 0 Å². The topological polar surface area (TPSA) is 42.7 Å². The van der Waals surface area contributed by atoms with E-state index in [-0.39, 0.29) is 0 Å². The average molecular weight is 642 g/mol. The number of benzene rings is 8. The second-order valence-corrected chi connectivity index (χ2v) is 12.9. The van der Waals surface area contributed by atoms with Crippen molar-refractivity contribution in [3.63, 3.8) is 0 Å². The van der Waals surface area contributed by atoms with E-state index >= 15 is 0 Å². The van der Waals surface area contributed by atoms with Gasteiger partial charge < -0.3 is 18.2 Å². The fourth-order valence-electron chi connectivity index (χ4n) is 7.84. The summed E-state index contributed by atoms with van der Waals surface area (Å²) in [5.74, 6) is 0. The minimum Gasteiger partial charge on any atom is -0.456 e. The Labute approximate surface area is 286 Å². The van der Waals surface area contributed by atoms with Crippen molar-refractivity contribution in [3.05, 3.63) is 164 Å². The highest BCUT2D eigenvalue weighted by Crippen LogP contribution is 2.46. The van der Waals surface area contributed by atoms with Crippen molar-refractivity contribution in [3.8, 4) is 11.1 Å². The van der Waals surface area contributed by atoms with Gasteiger partial charge in [-0.15, -0.1) is 0 Å². The van der Waals surface area contributed by atoms with Crippen molar-refractivity contribution >= 4 is 93.7 Å². The lowest BCUT2D eigenvalue weighted by Gasteiger charge is -2.26. The van der Waals surface area contributed by atoms with Crippen LogP contribution in [0.3, 0.4) is 0 Å². The number of fused-ring (bicyclic) bond motifs is 12. The highest BCUT2D eigenvalue weighted by atomic mass is 16.3. The molecule has 0 aliphatic heterocycles. The summed E-state index contributed by atoms with van der Waals surface area (Å²) in [5, 5.41) is 8.85. The third-order valence-electron chi connectivity index (χ3n) is 10.0. The molecule has 11 aromatic rings. The van der Waals surface area contributed by atoms with Crippen LogP contribution in [0.5, 0.6) is 0 Å². The van der Waals surface area contributed by atoms with Crippen LogP contribution < -0.4 is 4.90 Å². The molecular weight excluding hydrogens is 615 g/mol. The van der Waals surface area contributed by atoms with Crippen LogP contribution in [0.15, 0.2) is 177 Å². The summed E-state index contributed by atoms with van der Waals surface area (Å²) >= 11 is 0. The zero-order valence-electron chi connectivity index (χ0n) is 26.8. The average Bonchev–Trinajstić information content (AvgIpc) is 3.87. The molecule has 0 aliphatic rings. The lowest BCUT2D eigenvalue weighted by atomic mass is 9.99. The minimum absolute atomic E-state index is 0.848. The number of rotatable bonds is 4. The van der Waals surface area contributed by atoms with E-state index in [9.17, 15) is 0 Å². The van der Waals surface area contributed by atoms with Gasteiger partial charge in [0.2, 0.25) is 0 Å². The van der Waals surface area contributed by atoms with Crippen molar-refractivity contribution < 1.29 is 13.3 Å². The van der Waals surface area contributed by atoms with Crippen molar-refractivity contribution in [1.82, 2.24) is 0 Å². The van der Waals surface area contributed by atoms with Crippen molar-refractivity contribution in [1.29, 1.82) is 0 Å². The van der Waals surface area contributed by atoms with E-state index < -0.39 is 0 Å². The molecule has 0 N–H and O–H groups in total. The first-order valence-corrected chi connectivity index (χ1v) is 16.8. The van der Waals surface area contributed by atoms with Gasteiger partial charge in [-0.05, 0) is 107 Å². The van der Waals surface area contributed by atoms with Gasteiger partial charge in [0, 0.05) is 38.3 Å². The normalized spacial score (nSPS) is 12.0. The molecule has 0 unspecified atom stereocenters. The number of furan rings is 3. The summed E-state index contributed by atoms with van der Waals surface area (Å²) in [6, 6.07) is 57.1. The Morgan fingerprint density at radius 2 is 0.880 bits per heavy atom. The van der Waals surface area contributed by atoms with E-state index in [4.69, 9.17) is 13.3 Å². The molecule has 3 aromatic heterocycles. The number of nitrogens with zero attached hydrogens (tertiary/aromatic N) is 1. The molecule has 0 aliphatic carbocycles. The van der Waals surface area contributed by atoms with Gasteiger partial charge in [0.1, 0.15) is 33.5 Å². The molecule has 4 nitrogen and oxygen atoms in total. The maximum absolute atomic E-state index is 6.55. The lowest BCUT2D eigenvalue weighted by molar-refractivity contribution is 0.668. The SMILES string of the molecule is c1ccc(-c2ccc3c(c2)oc2cccc(N(c4ccccc4)c4ccc5oc6ccc7c(ccc8oc9ccccc9c87)c6c5c4)c23)cc1. The van der Waals surface area contributed by atoms with Gasteiger partial charge in [-0.1, -0.05) is 78.9 Å². The molecule has 3 heterocycles. The highest BCUT2D eigenvalue weighted by molar-refractivity contribution is 6.27. The fraction of sp³-hybridized carbons (Fsp3) is 0. The molecule has 0 fully saturated rings. The Kier molecular flexibility index (Phi) is 5.63. The van der Waals surface area contributed by atoms with Gasteiger partial charge in [-0.25, -0.2) is 0 Å². The van der Waals surface area contributed by atoms with E-state index in [1.165, 1.54) is 0 Å². The number of anilines is 3. The maximum Gasteiger partial charge on any atom is 0.137 e. The first-order valence-electron chi connectivity index (χ1n) is 16.8. The molecule has 0 radical (unpaired) electrons. The zero-order chi connectivity index (χ0) is 32.8. The third kappa shape index (κ3) is 3.93. The molecule has 8 aromatic carbocycles. The predicted molar refractivity (Wildman–Crippen MR) is 206 cm³/mol. The van der Waals surface area contributed by atoms with Gasteiger partial charge in [-0.2, -0.15) is 0 Å². The molecule has 11 rings (SSSR count). The number of para-hydroxylation sites is 2. The molecule has 0 saturated heterocycles. The maximum atomic E-state index is 6.55. The van der Waals surface area contributed by atoms with Gasteiger partial charge in [0.15, 0.2) is 0 Å². The molecule has 0 saturated carbocycles. The van der Waals surface area contributed by atoms with Crippen molar-refractivity contribution in [2.45, 2.75) is 0 Å². The van der Waals surface area contributed by atoms with E-state index in [0.717, 1.165) is 105 Å². The minimum atomic E-state index is 0.848. The molecule has 0 bridgehead atoms. The molecule has 0 amide bonds. The van der Waals surface area contributed by atoms with Crippen molar-refractivity contribution in [2.24, 2.45) is 0 Å². The van der Waals surface area contributed by atoms with E-state index in [1.54, 1.807) is 0 Å². The fourth-order valence-corrected chi connectivity index (χ4v) is 7.84. The predicted octanol–water partition coefficient (Wildman–Crippen LogP) is 13.7. The summed E-state index contributed by atoms with van der Waals surface area (Å²) in [7, 11) is 0. The van der Waals surface area contributed by atoms with Crippen LogP contribution in [0, 0.1) is 0 Å². The van der Waals surface area contributed by atoms with Crippen molar-refractivity contribution in [2.75, 3.05) is 4.90 Å². The number of hydrogen-bond donors (Lipinski definition) is 0. The van der Waals surface area contributed by atoms with Gasteiger partial charge in [0.25, 0.3) is 0 Å². The van der Waals surface area contributed by atoms with Crippen LogP contribution in [-0.4, -0.2) is 0 Å². The summed E-state index contributed by atoms with van der Waals surface area (Å²) in [6.45, 7) is 0. The van der Waals surface area contributed by atoms with Gasteiger partial charge >= 0.3 is 0 Å². The van der Waals surface area contributed by atoms with E-state index in [2.05, 4.69) is 150 Å². The largest absolute Gasteiger partial charge is 0.456 e. The monoisotopic (exact) mass is 641 g/mol. The van der Waals surface area contributed by atoms with Gasteiger partial charge in [-0.3, -0.25) is 0 Å². The summed E-state index contributed by atoms with van der Waals surface area (Å²) in [5.41, 5.74) is 10.6. The van der Waals surface area contributed by atoms with Crippen LogP contribution in [-0.2, 0) is 0 Å². The van der Waals surface area contributed by atoms with E-state index in [0.29, 0.717) is 0 Å². The molecule has 0 spiro atoms. The lowest BCUT2D eigenvalue weighted by Crippen LogP contribution is -2.10. The molecular formula is C46H27NO3. The number of hydrogen-bond acceptors (Lipinski definition) is 4. The Bertz CT molecular complexity index is 3090. The summed E-state index contributed by atoms with van der Waals surface area (Å²) < 4.78 is 19.3. The van der Waals surface area contributed by atoms with Crippen LogP contribution in [0.25, 0.3) is 87.7 Å². The summed E-state index contributed by atoms with van der Waals surface area (Å²) in [4.78, 5) is 2.33. The summed E-state index contributed by atoms with van der Waals surface area (Å²) in [6.07, 6.45) is 0. The van der Waals surface area contributed by atoms with Crippen LogP contribution in [0.1, 0.15) is 0 Å².